The molecule has 1 amide bonds. The molecule has 0 spiro atoms. The lowest BCUT2D eigenvalue weighted by Gasteiger charge is -2.26. The van der Waals surface area contributed by atoms with Gasteiger partial charge in [0, 0.05) is 44.9 Å². The summed E-state index contributed by atoms with van der Waals surface area (Å²) in [6.07, 6.45) is 2.73. The van der Waals surface area contributed by atoms with Gasteiger partial charge in [-0.3, -0.25) is 9.59 Å². The predicted octanol–water partition coefficient (Wildman–Crippen LogP) is 4.01. The van der Waals surface area contributed by atoms with Crippen molar-refractivity contribution in [3.8, 4) is 16.9 Å². The molecular weight excluding hydrogens is 513 g/mol. The smallest absolute Gasteiger partial charge is 0.251 e. The fraction of sp³-hybridized carbons (Fsp3) is 0.241. The first kappa shape index (κ1) is 28.2. The van der Waals surface area contributed by atoms with Crippen LogP contribution < -0.4 is 25.8 Å². The second kappa shape index (κ2) is 12.0. The molecule has 208 valence electrons. The van der Waals surface area contributed by atoms with E-state index in [-0.39, 0.29) is 17.4 Å². The van der Waals surface area contributed by atoms with E-state index in [1.165, 1.54) is 35.0 Å². The van der Waals surface area contributed by atoms with Crippen LogP contribution in [0.25, 0.3) is 22.2 Å². The molecule has 2 heterocycles. The maximum atomic E-state index is 14.0. The third kappa shape index (κ3) is 6.10. The van der Waals surface area contributed by atoms with E-state index in [1.54, 1.807) is 32.4 Å². The van der Waals surface area contributed by atoms with E-state index in [4.69, 9.17) is 4.74 Å². The molecule has 2 aromatic carbocycles. The van der Waals surface area contributed by atoms with E-state index in [0.717, 1.165) is 12.2 Å². The Hall–Kier alpha value is -4.77. The quantitative estimate of drug-likeness (QED) is 0.288. The van der Waals surface area contributed by atoms with Gasteiger partial charge in [-0.25, -0.2) is 14.4 Å². The van der Waals surface area contributed by atoms with Crippen molar-refractivity contribution in [2.24, 2.45) is 7.05 Å². The number of hydrogen-bond donors (Lipinski definition) is 2. The van der Waals surface area contributed by atoms with Gasteiger partial charge >= 0.3 is 0 Å². The molecule has 0 bridgehead atoms. The number of rotatable bonds is 10. The van der Waals surface area contributed by atoms with Crippen molar-refractivity contribution in [3.63, 3.8) is 0 Å². The van der Waals surface area contributed by atoms with Crippen molar-refractivity contribution in [2.45, 2.75) is 0 Å². The lowest BCUT2D eigenvalue weighted by atomic mass is 10.0. The number of anilines is 4. The van der Waals surface area contributed by atoms with Gasteiger partial charge in [0.2, 0.25) is 11.9 Å². The summed E-state index contributed by atoms with van der Waals surface area (Å²) in [4.78, 5) is 38.1. The molecule has 0 fully saturated rings. The number of fused-ring (bicyclic) bond motifs is 1. The second-order valence-electron chi connectivity index (χ2n) is 9.51. The highest BCUT2D eigenvalue weighted by Gasteiger charge is 2.18. The number of ether oxygens (including phenoxy) is 1. The predicted molar refractivity (Wildman–Crippen MR) is 157 cm³/mol. The zero-order valence-electron chi connectivity index (χ0n) is 23.2. The zero-order chi connectivity index (χ0) is 29.0. The van der Waals surface area contributed by atoms with Gasteiger partial charge in [-0.05, 0) is 43.9 Å². The van der Waals surface area contributed by atoms with E-state index in [2.05, 4.69) is 32.1 Å². The number of hydrogen-bond acceptors (Lipinski definition) is 8. The van der Waals surface area contributed by atoms with Gasteiger partial charge in [0.25, 0.3) is 5.56 Å². The molecule has 0 unspecified atom stereocenters. The van der Waals surface area contributed by atoms with Crippen molar-refractivity contribution in [3.05, 3.63) is 77.5 Å². The lowest BCUT2D eigenvalue weighted by molar-refractivity contribution is -0.111. The van der Waals surface area contributed by atoms with Gasteiger partial charge in [-0.15, -0.1) is 0 Å². The van der Waals surface area contributed by atoms with Gasteiger partial charge in [-0.1, -0.05) is 18.7 Å². The molecule has 2 aromatic heterocycles. The average Bonchev–Trinajstić information content (AvgIpc) is 2.93. The fourth-order valence-corrected chi connectivity index (χ4v) is 4.19. The van der Waals surface area contributed by atoms with Gasteiger partial charge in [0.15, 0.2) is 0 Å². The average molecular weight is 546 g/mol. The molecule has 0 saturated carbocycles. The first-order chi connectivity index (χ1) is 19.1. The van der Waals surface area contributed by atoms with Crippen LogP contribution in [0, 0.1) is 5.82 Å². The summed E-state index contributed by atoms with van der Waals surface area (Å²) in [6.45, 7) is 5.06. The van der Waals surface area contributed by atoms with Gasteiger partial charge in [0.05, 0.1) is 35.9 Å². The third-order valence-electron chi connectivity index (χ3n) is 6.42. The normalized spacial score (nSPS) is 11.0. The standard InChI is InChI=1S/C29H32FN7O3/c1-7-26(38)32-21-15-22(25(40-6)16-23(21)36(4)12-11-35(2)3)33-29-31-17-24-28(34-29)20(14-27(39)37(24)5)18-9-8-10-19(30)13-18/h7-10,13-17H,1,11-12H2,2-6H3,(H,32,38)(H,31,33,34). The van der Waals surface area contributed by atoms with Crippen LogP contribution in [0.5, 0.6) is 5.75 Å². The molecule has 0 aliphatic rings. The molecule has 4 rings (SSSR count). The first-order valence-corrected chi connectivity index (χ1v) is 12.5. The minimum absolute atomic E-state index is 0.219. The number of aromatic nitrogens is 3. The number of amides is 1. The van der Waals surface area contributed by atoms with Crippen LogP contribution >= 0.6 is 0 Å². The van der Waals surface area contributed by atoms with Crippen molar-refractivity contribution in [2.75, 3.05) is 56.9 Å². The fourth-order valence-electron chi connectivity index (χ4n) is 4.19. The molecule has 10 nitrogen and oxygen atoms in total. The van der Waals surface area contributed by atoms with E-state index in [9.17, 15) is 14.0 Å². The van der Waals surface area contributed by atoms with Crippen LogP contribution in [0.1, 0.15) is 0 Å². The Kier molecular flexibility index (Phi) is 8.44. The van der Waals surface area contributed by atoms with E-state index in [1.807, 2.05) is 32.1 Å². The summed E-state index contributed by atoms with van der Waals surface area (Å²) >= 11 is 0. The van der Waals surface area contributed by atoms with Crippen LogP contribution in [0.4, 0.5) is 27.4 Å². The molecule has 0 radical (unpaired) electrons. The summed E-state index contributed by atoms with van der Waals surface area (Å²) < 4.78 is 21.1. The first-order valence-electron chi connectivity index (χ1n) is 12.5. The number of aryl methyl sites for hydroxylation is 1. The van der Waals surface area contributed by atoms with Crippen molar-refractivity contribution < 1.29 is 13.9 Å². The SMILES string of the molecule is C=CC(=O)Nc1cc(Nc2ncc3c(n2)c(-c2cccc(F)c2)cc(=O)n3C)c(OC)cc1N(C)CCN(C)C. The summed E-state index contributed by atoms with van der Waals surface area (Å²) in [5.74, 6) is -0.0659. The van der Waals surface area contributed by atoms with E-state index >= 15 is 0 Å². The van der Waals surface area contributed by atoms with Crippen LogP contribution in [0.3, 0.4) is 0 Å². The highest BCUT2D eigenvalue weighted by atomic mass is 19.1. The summed E-state index contributed by atoms with van der Waals surface area (Å²) in [7, 11) is 9.08. The summed E-state index contributed by atoms with van der Waals surface area (Å²) in [6, 6.07) is 11.0. The Bertz CT molecular complexity index is 1630. The molecular formula is C29H32FN7O3. The minimum atomic E-state index is -0.423. The van der Waals surface area contributed by atoms with Crippen LogP contribution in [0.15, 0.2) is 66.1 Å². The number of likely N-dealkylation sites (N-methyl/N-ethyl adjacent to an activating group) is 2. The summed E-state index contributed by atoms with van der Waals surface area (Å²) in [5, 5.41) is 6.04. The molecule has 40 heavy (non-hydrogen) atoms. The van der Waals surface area contributed by atoms with Crippen molar-refractivity contribution in [1.29, 1.82) is 0 Å². The van der Waals surface area contributed by atoms with Gasteiger partial charge < -0.3 is 29.7 Å². The van der Waals surface area contributed by atoms with Crippen LogP contribution in [-0.2, 0) is 11.8 Å². The second-order valence-corrected chi connectivity index (χ2v) is 9.51. The van der Waals surface area contributed by atoms with E-state index < -0.39 is 5.82 Å². The number of carbonyl (C=O) groups excluding carboxylic acids is 1. The molecule has 2 N–H and O–H groups in total. The maximum absolute atomic E-state index is 14.0. The van der Waals surface area contributed by atoms with Crippen molar-refractivity contribution in [1.82, 2.24) is 19.4 Å². The molecule has 0 aliphatic carbocycles. The molecule has 0 aliphatic heterocycles. The lowest BCUT2D eigenvalue weighted by Crippen LogP contribution is -2.29. The number of nitrogens with zero attached hydrogens (tertiary/aromatic N) is 5. The van der Waals surface area contributed by atoms with Crippen LogP contribution in [0.2, 0.25) is 0 Å². The Balaban J connectivity index is 1.81. The third-order valence-corrected chi connectivity index (χ3v) is 6.42. The number of benzene rings is 2. The zero-order valence-corrected chi connectivity index (χ0v) is 23.2. The van der Waals surface area contributed by atoms with Gasteiger partial charge in [0.1, 0.15) is 17.1 Å². The molecule has 0 saturated heterocycles. The topological polar surface area (TPSA) is 105 Å². The number of carbonyl (C=O) groups is 1. The van der Waals surface area contributed by atoms with Crippen molar-refractivity contribution >= 4 is 40.0 Å². The molecule has 11 heteroatoms. The largest absolute Gasteiger partial charge is 0.494 e. The van der Waals surface area contributed by atoms with Crippen LogP contribution in [-0.4, -0.2) is 66.7 Å². The number of nitrogens with one attached hydrogen (secondary N) is 2. The number of pyridine rings is 1. The maximum Gasteiger partial charge on any atom is 0.251 e. The Labute approximate surface area is 231 Å². The number of halogens is 1. The van der Waals surface area contributed by atoms with Gasteiger partial charge in [-0.2, -0.15) is 0 Å². The van der Waals surface area contributed by atoms with E-state index in [0.29, 0.717) is 45.8 Å². The number of methoxy groups -OCH3 is 1. The Morgan fingerprint density at radius 1 is 1.15 bits per heavy atom. The Morgan fingerprint density at radius 3 is 2.60 bits per heavy atom. The minimum Gasteiger partial charge on any atom is -0.494 e. The Morgan fingerprint density at radius 2 is 1.93 bits per heavy atom. The highest BCUT2D eigenvalue weighted by Crippen LogP contribution is 2.38. The summed E-state index contributed by atoms with van der Waals surface area (Å²) in [5.41, 5.74) is 3.47. The molecule has 4 aromatic rings. The molecule has 0 atom stereocenters. The monoisotopic (exact) mass is 545 g/mol. The highest BCUT2D eigenvalue weighted by molar-refractivity contribution is 6.02.